The predicted octanol–water partition coefficient (Wildman–Crippen LogP) is 1.18. The van der Waals surface area contributed by atoms with E-state index in [1.54, 1.807) is 15.8 Å². The van der Waals surface area contributed by atoms with E-state index in [1.165, 1.54) is 6.42 Å². The van der Waals surface area contributed by atoms with Crippen molar-refractivity contribution in [3.05, 3.63) is 18.0 Å². The zero-order valence-corrected chi connectivity index (χ0v) is 16.1. The lowest BCUT2D eigenvalue weighted by Gasteiger charge is -2.41. The molecule has 144 valence electrons. The number of hydrogen-bond donors (Lipinski definition) is 1. The van der Waals surface area contributed by atoms with Crippen molar-refractivity contribution in [3.63, 3.8) is 0 Å². The van der Waals surface area contributed by atoms with Gasteiger partial charge in [0.1, 0.15) is 0 Å². The van der Waals surface area contributed by atoms with Gasteiger partial charge in [-0.3, -0.25) is 14.3 Å². The molecule has 2 saturated heterocycles. The Morgan fingerprint density at radius 2 is 2.00 bits per heavy atom. The third-order valence-corrected chi connectivity index (χ3v) is 5.97. The summed E-state index contributed by atoms with van der Waals surface area (Å²) in [5, 5.41) is 7.45. The van der Waals surface area contributed by atoms with Gasteiger partial charge in [-0.05, 0) is 45.2 Å². The summed E-state index contributed by atoms with van der Waals surface area (Å²) in [4.78, 5) is 29.3. The summed E-state index contributed by atoms with van der Waals surface area (Å²) >= 11 is 0. The number of aryl methyl sites for hydroxylation is 1. The summed E-state index contributed by atoms with van der Waals surface area (Å²) in [5.74, 6) is 0.839. The minimum absolute atomic E-state index is 0.105. The number of likely N-dealkylation sites (tertiary alicyclic amines) is 2. The highest BCUT2D eigenvalue weighted by Gasteiger charge is 2.41. The fraction of sp³-hybridized carbons (Fsp3) is 0.737. The van der Waals surface area contributed by atoms with Crippen LogP contribution in [0.3, 0.4) is 0 Å². The zero-order valence-electron chi connectivity index (χ0n) is 16.1. The molecule has 7 nitrogen and oxygen atoms in total. The molecule has 2 aliphatic rings. The Hall–Kier alpha value is -1.89. The van der Waals surface area contributed by atoms with E-state index >= 15 is 0 Å². The van der Waals surface area contributed by atoms with Crippen molar-refractivity contribution in [3.8, 4) is 0 Å². The van der Waals surface area contributed by atoms with Gasteiger partial charge < -0.3 is 15.1 Å². The van der Waals surface area contributed by atoms with Crippen molar-refractivity contribution < 1.29 is 9.59 Å². The molecule has 7 heteroatoms. The maximum Gasteiger partial charge on any atom is 0.228 e. The van der Waals surface area contributed by atoms with Crippen molar-refractivity contribution >= 4 is 11.8 Å². The molecule has 2 fully saturated rings. The fourth-order valence-electron chi connectivity index (χ4n) is 4.37. The number of carbonyl (C=O) groups is 2. The van der Waals surface area contributed by atoms with Crippen LogP contribution in [-0.4, -0.2) is 65.1 Å². The molecular weight excluding hydrogens is 330 g/mol. The second kappa shape index (κ2) is 8.20. The predicted molar refractivity (Wildman–Crippen MR) is 99.3 cm³/mol. The number of carbonyl (C=O) groups excluding carboxylic acids is 2. The summed E-state index contributed by atoms with van der Waals surface area (Å²) in [6, 6.07) is -0.209. The van der Waals surface area contributed by atoms with Gasteiger partial charge in [0, 0.05) is 45.4 Å². The van der Waals surface area contributed by atoms with Crippen LogP contribution >= 0.6 is 0 Å². The quantitative estimate of drug-likeness (QED) is 0.855. The SMILES string of the molecule is CNCCC1CCN(C(=O)C2CCC(=O)N(C)C2c2cnn(C)c2)CC1. The number of nitrogens with zero attached hydrogens (tertiary/aromatic N) is 4. The molecule has 1 aromatic heterocycles. The lowest BCUT2D eigenvalue weighted by Crippen LogP contribution is -2.49. The van der Waals surface area contributed by atoms with Crippen LogP contribution in [0.15, 0.2) is 12.4 Å². The Morgan fingerprint density at radius 3 is 2.62 bits per heavy atom. The molecule has 0 aliphatic carbocycles. The molecule has 1 aromatic rings. The number of hydrogen-bond acceptors (Lipinski definition) is 4. The topological polar surface area (TPSA) is 70.5 Å². The van der Waals surface area contributed by atoms with Gasteiger partial charge in [0.05, 0.1) is 18.2 Å². The van der Waals surface area contributed by atoms with Crippen LogP contribution in [-0.2, 0) is 16.6 Å². The Morgan fingerprint density at radius 1 is 1.27 bits per heavy atom. The minimum atomic E-state index is -0.209. The average Bonchev–Trinajstić information content (AvgIpc) is 3.08. The van der Waals surface area contributed by atoms with E-state index in [0.29, 0.717) is 18.8 Å². The van der Waals surface area contributed by atoms with Crippen LogP contribution in [0, 0.1) is 11.8 Å². The number of aromatic nitrogens is 2. The molecule has 3 rings (SSSR count). The number of rotatable bonds is 5. The minimum Gasteiger partial charge on any atom is -0.342 e. The van der Waals surface area contributed by atoms with E-state index in [0.717, 1.165) is 38.0 Å². The first-order valence-corrected chi connectivity index (χ1v) is 9.69. The van der Waals surface area contributed by atoms with E-state index < -0.39 is 0 Å². The summed E-state index contributed by atoms with van der Waals surface area (Å²) in [5.41, 5.74) is 0.949. The molecule has 0 radical (unpaired) electrons. The zero-order chi connectivity index (χ0) is 18.7. The van der Waals surface area contributed by atoms with E-state index in [-0.39, 0.29) is 23.8 Å². The van der Waals surface area contributed by atoms with E-state index in [9.17, 15) is 9.59 Å². The molecule has 2 aliphatic heterocycles. The van der Waals surface area contributed by atoms with Gasteiger partial charge in [-0.2, -0.15) is 5.10 Å². The van der Waals surface area contributed by atoms with E-state index in [1.807, 2.05) is 32.2 Å². The fourth-order valence-corrected chi connectivity index (χ4v) is 4.37. The molecule has 1 N–H and O–H groups in total. The molecule has 3 heterocycles. The molecule has 2 amide bonds. The first kappa shape index (κ1) is 18.9. The van der Waals surface area contributed by atoms with Crippen LogP contribution < -0.4 is 5.32 Å². The summed E-state index contributed by atoms with van der Waals surface area (Å²) < 4.78 is 1.73. The van der Waals surface area contributed by atoms with Gasteiger partial charge in [0.2, 0.25) is 11.8 Å². The van der Waals surface area contributed by atoms with Crippen molar-refractivity contribution in [1.82, 2.24) is 24.9 Å². The molecule has 2 unspecified atom stereocenters. The first-order valence-electron chi connectivity index (χ1n) is 9.69. The average molecular weight is 361 g/mol. The Bertz CT molecular complexity index is 636. The number of nitrogens with one attached hydrogen (secondary N) is 1. The van der Waals surface area contributed by atoms with E-state index in [4.69, 9.17) is 0 Å². The van der Waals surface area contributed by atoms with Crippen molar-refractivity contribution in [1.29, 1.82) is 0 Å². The number of amides is 2. The van der Waals surface area contributed by atoms with Crippen molar-refractivity contribution in [2.45, 2.75) is 38.1 Å². The normalized spacial score (nSPS) is 25.0. The highest BCUT2D eigenvalue weighted by molar-refractivity contribution is 5.85. The highest BCUT2D eigenvalue weighted by Crippen LogP contribution is 2.37. The Labute approximate surface area is 155 Å². The van der Waals surface area contributed by atoms with Crippen molar-refractivity contribution in [2.75, 3.05) is 33.7 Å². The molecule has 2 atom stereocenters. The molecule has 0 saturated carbocycles. The second-order valence-electron chi connectivity index (χ2n) is 7.70. The molecule has 26 heavy (non-hydrogen) atoms. The van der Waals surface area contributed by atoms with Gasteiger partial charge in [-0.25, -0.2) is 0 Å². The van der Waals surface area contributed by atoms with Gasteiger partial charge >= 0.3 is 0 Å². The number of piperidine rings is 2. The molecule has 0 aromatic carbocycles. The third-order valence-electron chi connectivity index (χ3n) is 5.97. The van der Waals surface area contributed by atoms with Gasteiger partial charge in [-0.15, -0.1) is 0 Å². The van der Waals surface area contributed by atoms with Crippen LogP contribution in [0.1, 0.15) is 43.7 Å². The van der Waals surface area contributed by atoms with Gasteiger partial charge in [-0.1, -0.05) is 0 Å². The molecule has 0 spiro atoms. The summed E-state index contributed by atoms with van der Waals surface area (Å²) in [6.45, 7) is 2.71. The second-order valence-corrected chi connectivity index (χ2v) is 7.70. The van der Waals surface area contributed by atoms with Crippen LogP contribution in [0.2, 0.25) is 0 Å². The third kappa shape index (κ3) is 3.92. The lowest BCUT2D eigenvalue weighted by atomic mass is 9.83. The lowest BCUT2D eigenvalue weighted by molar-refractivity contribution is -0.147. The monoisotopic (exact) mass is 361 g/mol. The summed E-state index contributed by atoms with van der Waals surface area (Å²) in [6.07, 6.45) is 8.11. The van der Waals surface area contributed by atoms with Gasteiger partial charge in [0.25, 0.3) is 0 Å². The molecular formula is C19H31N5O2. The highest BCUT2D eigenvalue weighted by atomic mass is 16.2. The van der Waals surface area contributed by atoms with Crippen molar-refractivity contribution in [2.24, 2.45) is 18.9 Å². The summed E-state index contributed by atoms with van der Waals surface area (Å²) in [7, 11) is 5.66. The maximum absolute atomic E-state index is 13.3. The molecule has 0 bridgehead atoms. The standard InChI is InChI=1S/C19H31N5O2/c1-20-9-6-14-7-10-24(11-8-14)19(26)16-4-5-17(25)23(3)18(16)15-12-21-22(2)13-15/h12-14,16,18,20H,4-11H2,1-3H3. The largest absolute Gasteiger partial charge is 0.342 e. The van der Waals surface area contributed by atoms with Crippen LogP contribution in [0.4, 0.5) is 0 Å². The van der Waals surface area contributed by atoms with Crippen LogP contribution in [0.25, 0.3) is 0 Å². The first-order chi connectivity index (χ1) is 12.5. The maximum atomic E-state index is 13.3. The Kier molecular flexibility index (Phi) is 5.96. The van der Waals surface area contributed by atoms with Gasteiger partial charge in [0.15, 0.2) is 0 Å². The smallest absolute Gasteiger partial charge is 0.228 e. The van der Waals surface area contributed by atoms with Crippen LogP contribution in [0.5, 0.6) is 0 Å². The Balaban J connectivity index is 1.70. The van der Waals surface area contributed by atoms with E-state index in [2.05, 4.69) is 10.4 Å².